The Kier molecular flexibility index (Phi) is 4.29. The van der Waals surface area contributed by atoms with Crippen molar-refractivity contribution in [3.63, 3.8) is 0 Å². The van der Waals surface area contributed by atoms with E-state index in [-0.39, 0.29) is 18.0 Å². The van der Waals surface area contributed by atoms with E-state index in [1.165, 1.54) is 5.56 Å². The molecule has 0 aromatic heterocycles. The van der Waals surface area contributed by atoms with Gasteiger partial charge in [-0.1, -0.05) is 49.4 Å². The molecule has 2 aromatic carbocycles. The third kappa shape index (κ3) is 3.35. The van der Waals surface area contributed by atoms with Gasteiger partial charge in [-0.15, -0.1) is 0 Å². The van der Waals surface area contributed by atoms with E-state index in [0.29, 0.717) is 18.7 Å². The second-order valence-corrected chi connectivity index (χ2v) is 5.94. The molecule has 1 heterocycles. The summed E-state index contributed by atoms with van der Waals surface area (Å²) < 4.78 is 0. The van der Waals surface area contributed by atoms with Gasteiger partial charge in [-0.25, -0.2) is 4.79 Å². The van der Waals surface area contributed by atoms with Crippen LogP contribution in [-0.2, 0) is 6.54 Å². The zero-order chi connectivity index (χ0) is 16.2. The first-order chi connectivity index (χ1) is 11.2. The minimum Gasteiger partial charge on any atom is -0.333 e. The fourth-order valence-electron chi connectivity index (χ4n) is 2.93. The van der Waals surface area contributed by atoms with Crippen molar-refractivity contribution < 1.29 is 4.79 Å². The van der Waals surface area contributed by atoms with Crippen LogP contribution in [-0.4, -0.2) is 23.5 Å². The highest BCUT2D eigenvalue weighted by molar-refractivity contribution is 5.77. The Bertz CT molecular complexity index is 719. The fourth-order valence-corrected chi connectivity index (χ4v) is 2.93. The molecule has 1 unspecified atom stereocenters. The third-order valence-electron chi connectivity index (χ3n) is 4.40. The van der Waals surface area contributed by atoms with Gasteiger partial charge in [0.2, 0.25) is 0 Å². The zero-order valence-corrected chi connectivity index (χ0v) is 13.1. The summed E-state index contributed by atoms with van der Waals surface area (Å²) in [7, 11) is 0. The van der Waals surface area contributed by atoms with Crippen molar-refractivity contribution >= 4 is 6.03 Å². The molecule has 23 heavy (non-hydrogen) atoms. The molecular weight excluding hydrogens is 286 g/mol. The largest absolute Gasteiger partial charge is 0.333 e. The van der Waals surface area contributed by atoms with Crippen LogP contribution < -0.4 is 5.32 Å². The SMILES string of the molecule is C[C@@H](c1ccccc1)C1CN(Cc2ccc(C#N)cc2)C(=O)N1. The van der Waals surface area contributed by atoms with E-state index in [2.05, 4.69) is 30.4 Å². The van der Waals surface area contributed by atoms with Gasteiger partial charge in [0.15, 0.2) is 0 Å². The van der Waals surface area contributed by atoms with Crippen molar-refractivity contribution in [2.75, 3.05) is 6.54 Å². The van der Waals surface area contributed by atoms with E-state index in [0.717, 1.165) is 5.56 Å². The van der Waals surface area contributed by atoms with Crippen LogP contribution in [0.2, 0.25) is 0 Å². The van der Waals surface area contributed by atoms with Crippen LogP contribution in [0.1, 0.15) is 29.5 Å². The van der Waals surface area contributed by atoms with Gasteiger partial charge in [0, 0.05) is 19.0 Å². The molecule has 116 valence electrons. The quantitative estimate of drug-likeness (QED) is 0.942. The van der Waals surface area contributed by atoms with E-state index in [4.69, 9.17) is 5.26 Å². The number of urea groups is 1. The second-order valence-electron chi connectivity index (χ2n) is 5.94. The van der Waals surface area contributed by atoms with E-state index in [9.17, 15) is 4.79 Å². The van der Waals surface area contributed by atoms with E-state index < -0.39 is 0 Å². The summed E-state index contributed by atoms with van der Waals surface area (Å²) in [5, 5.41) is 11.9. The molecule has 1 aliphatic rings. The number of rotatable bonds is 4. The highest BCUT2D eigenvalue weighted by Crippen LogP contribution is 2.23. The van der Waals surface area contributed by atoms with Gasteiger partial charge in [0.25, 0.3) is 0 Å². The monoisotopic (exact) mass is 305 g/mol. The molecular formula is C19H19N3O. The molecule has 2 amide bonds. The third-order valence-corrected chi connectivity index (χ3v) is 4.40. The number of nitrogens with one attached hydrogen (secondary N) is 1. The van der Waals surface area contributed by atoms with E-state index in [1.807, 2.05) is 35.2 Å². The molecule has 0 bridgehead atoms. The first-order valence-corrected chi connectivity index (χ1v) is 7.77. The van der Waals surface area contributed by atoms with Crippen molar-refractivity contribution in [3.05, 3.63) is 71.3 Å². The minimum absolute atomic E-state index is 0.0258. The molecule has 0 radical (unpaired) electrons. The molecule has 3 rings (SSSR count). The van der Waals surface area contributed by atoms with Crippen molar-refractivity contribution in [3.8, 4) is 6.07 Å². The van der Waals surface area contributed by atoms with Crippen molar-refractivity contribution in [2.45, 2.75) is 25.4 Å². The number of carbonyl (C=O) groups excluding carboxylic acids is 1. The van der Waals surface area contributed by atoms with E-state index >= 15 is 0 Å². The predicted molar refractivity (Wildman–Crippen MR) is 88.7 cm³/mol. The highest BCUT2D eigenvalue weighted by atomic mass is 16.2. The lowest BCUT2D eigenvalue weighted by Crippen LogP contribution is -2.31. The number of nitriles is 1. The van der Waals surface area contributed by atoms with Gasteiger partial charge in [-0.2, -0.15) is 5.26 Å². The molecule has 0 saturated carbocycles. The zero-order valence-electron chi connectivity index (χ0n) is 13.1. The van der Waals surface area contributed by atoms with Crippen molar-refractivity contribution in [1.82, 2.24) is 10.2 Å². The number of nitrogens with zero attached hydrogens (tertiary/aromatic N) is 2. The Balaban J connectivity index is 1.66. The summed E-state index contributed by atoms with van der Waals surface area (Å²) in [5.74, 6) is 0.270. The van der Waals surface area contributed by atoms with Crippen LogP contribution in [0.3, 0.4) is 0 Å². The topological polar surface area (TPSA) is 56.1 Å². The Morgan fingerprint density at radius 2 is 1.91 bits per heavy atom. The smallest absolute Gasteiger partial charge is 0.318 e. The first-order valence-electron chi connectivity index (χ1n) is 7.77. The Morgan fingerprint density at radius 3 is 2.57 bits per heavy atom. The van der Waals surface area contributed by atoms with Crippen molar-refractivity contribution in [2.24, 2.45) is 0 Å². The molecule has 1 aliphatic heterocycles. The maximum atomic E-state index is 12.2. The van der Waals surface area contributed by atoms with Crippen LogP contribution in [0.25, 0.3) is 0 Å². The summed E-state index contributed by atoms with van der Waals surface area (Å²) in [6, 6.07) is 19.8. The number of benzene rings is 2. The van der Waals surface area contributed by atoms with Crippen molar-refractivity contribution in [1.29, 1.82) is 5.26 Å². The van der Waals surface area contributed by atoms with Crippen LogP contribution in [0.4, 0.5) is 4.79 Å². The molecule has 4 nitrogen and oxygen atoms in total. The summed E-state index contributed by atoms with van der Waals surface area (Å²) in [6.07, 6.45) is 0. The lowest BCUT2D eigenvalue weighted by molar-refractivity contribution is 0.215. The van der Waals surface area contributed by atoms with Gasteiger partial charge >= 0.3 is 6.03 Å². The van der Waals surface area contributed by atoms with Gasteiger partial charge in [0.1, 0.15) is 0 Å². The maximum Gasteiger partial charge on any atom is 0.318 e. The summed E-state index contributed by atoms with van der Waals surface area (Å²) in [5.41, 5.74) is 2.90. The summed E-state index contributed by atoms with van der Waals surface area (Å²) in [6.45, 7) is 3.40. The molecule has 0 spiro atoms. The molecule has 2 aromatic rings. The lowest BCUT2D eigenvalue weighted by Gasteiger charge is -2.19. The van der Waals surface area contributed by atoms with Crippen LogP contribution in [0, 0.1) is 11.3 Å². The lowest BCUT2D eigenvalue weighted by atomic mass is 9.94. The van der Waals surface area contributed by atoms with Crippen LogP contribution in [0.15, 0.2) is 54.6 Å². The number of hydrogen-bond acceptors (Lipinski definition) is 2. The maximum absolute atomic E-state index is 12.2. The Hall–Kier alpha value is -2.80. The molecule has 1 N–H and O–H groups in total. The standard InChI is InChI=1S/C19H19N3O/c1-14(17-5-3-2-4-6-17)18-13-22(19(23)21-18)12-16-9-7-15(11-20)8-10-16/h2-10,14,18H,12-13H2,1H3,(H,21,23)/t14-,18?/m0/s1. The van der Waals surface area contributed by atoms with Gasteiger partial charge in [-0.3, -0.25) is 0 Å². The Labute approximate surface area is 136 Å². The number of amides is 2. The molecule has 4 heteroatoms. The average molecular weight is 305 g/mol. The van der Waals surface area contributed by atoms with Gasteiger partial charge in [0.05, 0.1) is 17.7 Å². The number of carbonyl (C=O) groups is 1. The fraction of sp³-hybridized carbons (Fsp3) is 0.263. The molecule has 1 saturated heterocycles. The first kappa shape index (κ1) is 15.1. The molecule has 1 fully saturated rings. The minimum atomic E-state index is -0.0258. The summed E-state index contributed by atoms with van der Waals surface area (Å²) in [4.78, 5) is 14.0. The second kappa shape index (κ2) is 6.53. The summed E-state index contributed by atoms with van der Waals surface area (Å²) >= 11 is 0. The van der Waals surface area contributed by atoms with Gasteiger partial charge in [-0.05, 0) is 23.3 Å². The Morgan fingerprint density at radius 1 is 1.22 bits per heavy atom. The molecule has 2 atom stereocenters. The highest BCUT2D eigenvalue weighted by Gasteiger charge is 2.32. The number of hydrogen-bond donors (Lipinski definition) is 1. The van der Waals surface area contributed by atoms with Crippen LogP contribution in [0.5, 0.6) is 0 Å². The van der Waals surface area contributed by atoms with E-state index in [1.54, 1.807) is 12.1 Å². The van der Waals surface area contributed by atoms with Gasteiger partial charge < -0.3 is 10.2 Å². The molecule has 0 aliphatic carbocycles. The predicted octanol–water partition coefficient (Wildman–Crippen LogP) is 3.26. The normalized spacial score (nSPS) is 18.3. The van der Waals surface area contributed by atoms with Crippen LogP contribution >= 0.6 is 0 Å². The average Bonchev–Trinajstić information content (AvgIpc) is 2.96.